The summed E-state index contributed by atoms with van der Waals surface area (Å²) in [4.78, 5) is 0. The zero-order valence-corrected chi connectivity index (χ0v) is 13.6. The number of hydrogen-bond donors (Lipinski definition) is 2. The van der Waals surface area contributed by atoms with Gasteiger partial charge in [0.05, 0.1) is 12.3 Å². The first-order valence-electron chi connectivity index (χ1n) is 6.80. The smallest absolute Gasteiger partial charge is 0.171 e. The van der Waals surface area contributed by atoms with Crippen LogP contribution in [0.15, 0.2) is 42.5 Å². The summed E-state index contributed by atoms with van der Waals surface area (Å²) < 4.78 is 19.2. The zero-order valence-electron chi connectivity index (χ0n) is 12.0. The van der Waals surface area contributed by atoms with Gasteiger partial charge in [0.1, 0.15) is 11.6 Å². The molecule has 0 bridgehead atoms. The SMILES string of the molecule is CCOc1ccccc1NC(=S)NCc1ccc(Cl)cc1F. The summed E-state index contributed by atoms with van der Waals surface area (Å²) in [5.41, 5.74) is 1.25. The molecular formula is C16H16ClFN2OS. The molecule has 0 saturated heterocycles. The van der Waals surface area contributed by atoms with Crippen LogP contribution in [0.5, 0.6) is 5.75 Å². The fourth-order valence-electron chi connectivity index (χ4n) is 1.86. The van der Waals surface area contributed by atoms with E-state index in [4.69, 9.17) is 28.6 Å². The molecule has 0 aliphatic heterocycles. The van der Waals surface area contributed by atoms with E-state index in [1.165, 1.54) is 6.07 Å². The molecular weight excluding hydrogens is 323 g/mol. The molecule has 6 heteroatoms. The molecule has 116 valence electrons. The zero-order chi connectivity index (χ0) is 15.9. The highest BCUT2D eigenvalue weighted by molar-refractivity contribution is 7.80. The van der Waals surface area contributed by atoms with E-state index in [0.717, 1.165) is 5.69 Å². The molecule has 2 N–H and O–H groups in total. The highest BCUT2D eigenvalue weighted by Crippen LogP contribution is 2.23. The van der Waals surface area contributed by atoms with Crippen molar-refractivity contribution < 1.29 is 9.13 Å². The Hall–Kier alpha value is -1.85. The van der Waals surface area contributed by atoms with Crippen molar-refractivity contribution in [2.24, 2.45) is 0 Å². The third-order valence-electron chi connectivity index (χ3n) is 2.89. The molecule has 0 aliphatic carbocycles. The number of halogens is 2. The van der Waals surface area contributed by atoms with Crippen molar-refractivity contribution >= 4 is 34.6 Å². The fourth-order valence-corrected chi connectivity index (χ4v) is 2.20. The second-order valence-electron chi connectivity index (χ2n) is 4.47. The second kappa shape index (κ2) is 7.96. The van der Waals surface area contributed by atoms with Gasteiger partial charge in [-0.15, -0.1) is 0 Å². The first-order chi connectivity index (χ1) is 10.6. The Balaban J connectivity index is 1.96. The van der Waals surface area contributed by atoms with Crippen molar-refractivity contribution in [2.75, 3.05) is 11.9 Å². The summed E-state index contributed by atoms with van der Waals surface area (Å²) in [7, 11) is 0. The second-order valence-corrected chi connectivity index (χ2v) is 5.32. The van der Waals surface area contributed by atoms with E-state index in [1.54, 1.807) is 12.1 Å². The maximum Gasteiger partial charge on any atom is 0.171 e. The molecule has 0 amide bonds. The Morgan fingerprint density at radius 2 is 2.05 bits per heavy atom. The van der Waals surface area contributed by atoms with Crippen LogP contribution in [0.25, 0.3) is 0 Å². The first-order valence-corrected chi connectivity index (χ1v) is 7.59. The van der Waals surface area contributed by atoms with E-state index in [2.05, 4.69) is 10.6 Å². The highest BCUT2D eigenvalue weighted by atomic mass is 35.5. The summed E-state index contributed by atoms with van der Waals surface area (Å²) in [6.07, 6.45) is 0. The van der Waals surface area contributed by atoms with Crippen molar-refractivity contribution in [3.63, 3.8) is 0 Å². The number of hydrogen-bond acceptors (Lipinski definition) is 2. The van der Waals surface area contributed by atoms with E-state index in [0.29, 0.717) is 28.1 Å². The topological polar surface area (TPSA) is 33.3 Å². The van der Waals surface area contributed by atoms with Gasteiger partial charge in [-0.1, -0.05) is 29.8 Å². The number of nitrogens with one attached hydrogen (secondary N) is 2. The summed E-state index contributed by atoms with van der Waals surface area (Å²) in [6.45, 7) is 2.75. The number of rotatable bonds is 5. The molecule has 2 aromatic rings. The first kappa shape index (κ1) is 16.5. The summed E-state index contributed by atoms with van der Waals surface area (Å²) in [5, 5.41) is 6.76. The van der Waals surface area contributed by atoms with Gasteiger partial charge in [0.15, 0.2) is 5.11 Å². The third kappa shape index (κ3) is 4.58. The van der Waals surface area contributed by atoms with Gasteiger partial charge in [-0.05, 0) is 43.4 Å². The predicted molar refractivity (Wildman–Crippen MR) is 92.1 cm³/mol. The average Bonchev–Trinajstić information content (AvgIpc) is 2.48. The lowest BCUT2D eigenvalue weighted by Gasteiger charge is -2.14. The summed E-state index contributed by atoms with van der Waals surface area (Å²) in [6, 6.07) is 12.0. The van der Waals surface area contributed by atoms with Crippen LogP contribution in [-0.2, 0) is 6.54 Å². The number of ether oxygens (including phenoxy) is 1. The largest absolute Gasteiger partial charge is 0.492 e. The molecule has 0 unspecified atom stereocenters. The van der Waals surface area contributed by atoms with Crippen LogP contribution in [0, 0.1) is 5.82 Å². The Kier molecular flexibility index (Phi) is 5.98. The molecule has 3 nitrogen and oxygen atoms in total. The molecule has 0 saturated carbocycles. The van der Waals surface area contributed by atoms with Crippen LogP contribution in [0.2, 0.25) is 5.02 Å². The molecule has 0 heterocycles. The van der Waals surface area contributed by atoms with E-state index in [1.807, 2.05) is 31.2 Å². The molecule has 2 aromatic carbocycles. The van der Waals surface area contributed by atoms with Gasteiger partial charge in [0.2, 0.25) is 0 Å². The van der Waals surface area contributed by atoms with Gasteiger partial charge in [0, 0.05) is 17.1 Å². The molecule has 2 rings (SSSR count). The fraction of sp³-hybridized carbons (Fsp3) is 0.188. The van der Waals surface area contributed by atoms with Gasteiger partial charge in [0.25, 0.3) is 0 Å². The van der Waals surface area contributed by atoms with E-state index >= 15 is 0 Å². The standard InChI is InChI=1S/C16H16ClFN2OS/c1-2-21-15-6-4-3-5-14(15)20-16(22)19-10-11-7-8-12(17)9-13(11)18/h3-9H,2,10H2,1H3,(H2,19,20,22). The molecule has 0 fully saturated rings. The number of benzene rings is 2. The van der Waals surface area contributed by atoms with Gasteiger partial charge in [-0.25, -0.2) is 4.39 Å². The van der Waals surface area contributed by atoms with E-state index in [9.17, 15) is 4.39 Å². The molecule has 0 aromatic heterocycles. The van der Waals surface area contributed by atoms with Gasteiger partial charge in [-0.3, -0.25) is 0 Å². The van der Waals surface area contributed by atoms with Crippen molar-refractivity contribution in [2.45, 2.75) is 13.5 Å². The van der Waals surface area contributed by atoms with Crippen LogP contribution >= 0.6 is 23.8 Å². The van der Waals surface area contributed by atoms with Crippen LogP contribution in [0.4, 0.5) is 10.1 Å². The monoisotopic (exact) mass is 338 g/mol. The van der Waals surface area contributed by atoms with Crippen LogP contribution in [-0.4, -0.2) is 11.7 Å². The molecule has 0 aliphatic rings. The number of anilines is 1. The van der Waals surface area contributed by atoms with Crippen molar-refractivity contribution in [3.8, 4) is 5.75 Å². The summed E-state index contributed by atoms with van der Waals surface area (Å²) in [5.74, 6) is 0.351. The maximum absolute atomic E-state index is 13.7. The minimum absolute atomic E-state index is 0.269. The van der Waals surface area contributed by atoms with Gasteiger partial charge >= 0.3 is 0 Å². The van der Waals surface area contributed by atoms with E-state index < -0.39 is 0 Å². The van der Waals surface area contributed by atoms with Gasteiger partial charge < -0.3 is 15.4 Å². The quantitative estimate of drug-likeness (QED) is 0.793. The van der Waals surface area contributed by atoms with E-state index in [-0.39, 0.29) is 12.4 Å². The molecule has 22 heavy (non-hydrogen) atoms. The molecule has 0 atom stereocenters. The molecule has 0 radical (unpaired) electrons. The Bertz CT molecular complexity index is 666. The normalized spacial score (nSPS) is 10.1. The van der Waals surface area contributed by atoms with Crippen LogP contribution in [0.1, 0.15) is 12.5 Å². The summed E-state index contributed by atoms with van der Waals surface area (Å²) >= 11 is 10.9. The lowest BCUT2D eigenvalue weighted by molar-refractivity contribution is 0.342. The lowest BCUT2D eigenvalue weighted by Crippen LogP contribution is -2.28. The number of thiocarbonyl (C=S) groups is 1. The van der Waals surface area contributed by atoms with Gasteiger partial charge in [-0.2, -0.15) is 0 Å². The minimum Gasteiger partial charge on any atom is -0.492 e. The molecule has 0 spiro atoms. The van der Waals surface area contributed by atoms with Crippen molar-refractivity contribution in [3.05, 3.63) is 58.9 Å². The van der Waals surface area contributed by atoms with Crippen LogP contribution in [0.3, 0.4) is 0 Å². The predicted octanol–water partition coefficient (Wildman–Crippen LogP) is 4.36. The number of para-hydroxylation sites is 2. The van der Waals surface area contributed by atoms with Crippen molar-refractivity contribution in [1.82, 2.24) is 5.32 Å². The maximum atomic E-state index is 13.7. The average molecular weight is 339 g/mol. The Labute approximate surface area is 139 Å². The Morgan fingerprint density at radius 1 is 1.27 bits per heavy atom. The minimum atomic E-state index is -0.363. The third-order valence-corrected chi connectivity index (χ3v) is 3.37. The highest BCUT2D eigenvalue weighted by Gasteiger charge is 2.06. The Morgan fingerprint density at radius 3 is 2.77 bits per heavy atom. The van der Waals surface area contributed by atoms with Crippen LogP contribution < -0.4 is 15.4 Å². The lowest BCUT2D eigenvalue weighted by atomic mass is 10.2. The van der Waals surface area contributed by atoms with Crippen molar-refractivity contribution in [1.29, 1.82) is 0 Å².